The van der Waals surface area contributed by atoms with Gasteiger partial charge >= 0.3 is 5.69 Å². The lowest BCUT2D eigenvalue weighted by atomic mass is 10.2. The second kappa shape index (κ2) is 8.23. The van der Waals surface area contributed by atoms with Crippen LogP contribution in [-0.2, 0) is 6.54 Å². The van der Waals surface area contributed by atoms with Crippen molar-refractivity contribution in [2.45, 2.75) is 20.4 Å². The highest BCUT2D eigenvalue weighted by Gasteiger charge is 2.19. The van der Waals surface area contributed by atoms with Crippen LogP contribution in [0.1, 0.15) is 12.6 Å². The van der Waals surface area contributed by atoms with Gasteiger partial charge in [0.25, 0.3) is 5.56 Å². The summed E-state index contributed by atoms with van der Waals surface area (Å²) in [5.74, 6) is 0.918. The molecule has 1 saturated heterocycles. The van der Waals surface area contributed by atoms with Gasteiger partial charge in [-0.1, -0.05) is 12.1 Å². The summed E-state index contributed by atoms with van der Waals surface area (Å²) in [6.45, 7) is 9.01. The summed E-state index contributed by atoms with van der Waals surface area (Å²) in [6.07, 6.45) is 0. The van der Waals surface area contributed by atoms with Gasteiger partial charge in [0.15, 0.2) is 0 Å². The minimum absolute atomic E-state index is 0.240. The molecule has 1 aliphatic heterocycles. The quantitative estimate of drug-likeness (QED) is 0.836. The molecular weight excluding hydrogens is 332 g/mol. The molecule has 0 saturated carbocycles. The van der Waals surface area contributed by atoms with E-state index in [1.54, 1.807) is 6.92 Å². The summed E-state index contributed by atoms with van der Waals surface area (Å²) in [4.78, 5) is 31.2. The molecule has 7 heteroatoms. The predicted octanol–water partition coefficient (Wildman–Crippen LogP) is 1.07. The number of nitrogens with one attached hydrogen (secondary N) is 1. The van der Waals surface area contributed by atoms with E-state index in [4.69, 9.17) is 4.74 Å². The zero-order valence-corrected chi connectivity index (χ0v) is 15.4. The smallest absolute Gasteiger partial charge is 0.328 e. The van der Waals surface area contributed by atoms with Crippen molar-refractivity contribution in [3.8, 4) is 5.75 Å². The summed E-state index contributed by atoms with van der Waals surface area (Å²) < 4.78 is 6.99. The topological polar surface area (TPSA) is 70.6 Å². The summed E-state index contributed by atoms with van der Waals surface area (Å²) in [7, 11) is 0. The van der Waals surface area contributed by atoms with Gasteiger partial charge in [-0.2, -0.15) is 0 Å². The molecule has 140 valence electrons. The van der Waals surface area contributed by atoms with Crippen molar-refractivity contribution in [3.05, 3.63) is 56.9 Å². The fourth-order valence-electron chi connectivity index (χ4n) is 3.30. The third-order valence-corrected chi connectivity index (χ3v) is 4.67. The van der Waals surface area contributed by atoms with Crippen LogP contribution in [0.2, 0.25) is 0 Å². The second-order valence-corrected chi connectivity index (χ2v) is 6.48. The fraction of sp³-hybridized carbons (Fsp3) is 0.474. The minimum atomic E-state index is -0.334. The van der Waals surface area contributed by atoms with Gasteiger partial charge in [-0.05, 0) is 26.0 Å². The van der Waals surface area contributed by atoms with E-state index < -0.39 is 0 Å². The number of ether oxygens (including phenoxy) is 1. The van der Waals surface area contributed by atoms with Gasteiger partial charge in [0, 0.05) is 51.0 Å². The number of hydrogen-bond donors (Lipinski definition) is 1. The number of H-pyrrole nitrogens is 1. The molecule has 0 radical (unpaired) electrons. The zero-order valence-electron chi connectivity index (χ0n) is 15.4. The van der Waals surface area contributed by atoms with Crippen LogP contribution in [-0.4, -0.2) is 53.8 Å². The molecule has 1 aromatic carbocycles. The van der Waals surface area contributed by atoms with Crippen LogP contribution in [0.5, 0.6) is 5.75 Å². The Hall–Kier alpha value is -2.54. The summed E-state index contributed by atoms with van der Waals surface area (Å²) in [5.41, 5.74) is 1.15. The zero-order chi connectivity index (χ0) is 18.5. The molecule has 0 spiro atoms. The van der Waals surface area contributed by atoms with Crippen LogP contribution in [0.15, 0.2) is 39.9 Å². The number of aromatic nitrogens is 2. The number of piperazine rings is 1. The van der Waals surface area contributed by atoms with Gasteiger partial charge in [0.2, 0.25) is 0 Å². The number of benzene rings is 1. The third-order valence-electron chi connectivity index (χ3n) is 4.67. The SMILES string of the molecule is CCOc1ccccc1N1CCN(CCn2c(=O)cc(C)[nH]c2=O)CC1. The van der Waals surface area contributed by atoms with Gasteiger partial charge in [-0.3, -0.25) is 14.3 Å². The molecule has 1 aliphatic rings. The van der Waals surface area contributed by atoms with Crippen LogP contribution in [0.3, 0.4) is 0 Å². The lowest BCUT2D eigenvalue weighted by Crippen LogP contribution is -2.48. The van der Waals surface area contributed by atoms with Gasteiger partial charge in [-0.25, -0.2) is 4.79 Å². The summed E-state index contributed by atoms with van der Waals surface area (Å²) in [5, 5.41) is 0. The van der Waals surface area contributed by atoms with Crippen molar-refractivity contribution < 1.29 is 4.74 Å². The van der Waals surface area contributed by atoms with Crippen molar-refractivity contribution >= 4 is 5.69 Å². The first-order valence-electron chi connectivity index (χ1n) is 9.08. The molecule has 26 heavy (non-hydrogen) atoms. The molecule has 2 aromatic rings. The molecule has 0 aliphatic carbocycles. The highest BCUT2D eigenvalue weighted by molar-refractivity contribution is 5.58. The molecule has 1 N–H and O–H groups in total. The predicted molar refractivity (Wildman–Crippen MR) is 102 cm³/mol. The van der Waals surface area contributed by atoms with Crippen LogP contribution >= 0.6 is 0 Å². The highest BCUT2D eigenvalue weighted by Crippen LogP contribution is 2.28. The average molecular weight is 358 g/mol. The van der Waals surface area contributed by atoms with Crippen LogP contribution in [0.25, 0.3) is 0 Å². The summed E-state index contributed by atoms with van der Waals surface area (Å²) >= 11 is 0. The first-order chi connectivity index (χ1) is 12.6. The Morgan fingerprint density at radius 3 is 2.50 bits per heavy atom. The van der Waals surface area contributed by atoms with E-state index in [2.05, 4.69) is 20.9 Å². The lowest BCUT2D eigenvalue weighted by Gasteiger charge is -2.36. The Balaban J connectivity index is 1.58. The van der Waals surface area contributed by atoms with Gasteiger partial charge in [-0.15, -0.1) is 0 Å². The van der Waals surface area contributed by atoms with Gasteiger partial charge < -0.3 is 14.6 Å². The number of rotatable bonds is 6. The third kappa shape index (κ3) is 4.16. The largest absolute Gasteiger partial charge is 0.492 e. The molecule has 0 bridgehead atoms. The van der Waals surface area contributed by atoms with Gasteiger partial charge in [0.05, 0.1) is 12.3 Å². The van der Waals surface area contributed by atoms with E-state index in [1.807, 2.05) is 25.1 Å². The molecule has 2 heterocycles. The maximum Gasteiger partial charge on any atom is 0.328 e. The maximum absolute atomic E-state index is 12.0. The van der Waals surface area contributed by atoms with E-state index in [-0.39, 0.29) is 11.2 Å². The molecule has 0 amide bonds. The first kappa shape index (κ1) is 18.3. The van der Waals surface area contributed by atoms with E-state index >= 15 is 0 Å². The van der Waals surface area contributed by atoms with Crippen LogP contribution in [0, 0.1) is 6.92 Å². The monoisotopic (exact) mass is 358 g/mol. The average Bonchev–Trinajstić information content (AvgIpc) is 2.62. The molecule has 0 unspecified atom stereocenters. The highest BCUT2D eigenvalue weighted by atomic mass is 16.5. The molecule has 3 rings (SSSR count). The van der Waals surface area contributed by atoms with E-state index in [1.165, 1.54) is 10.6 Å². The summed E-state index contributed by atoms with van der Waals surface area (Å²) in [6, 6.07) is 9.57. The number of anilines is 1. The van der Waals surface area contributed by atoms with Gasteiger partial charge in [0.1, 0.15) is 5.75 Å². The standard InChI is InChI=1S/C19H26N4O3/c1-3-26-17-7-5-4-6-16(17)22-11-8-21(9-12-22)10-13-23-18(24)14-15(2)20-19(23)25/h4-7,14H,3,8-13H2,1-2H3,(H,20,25). The van der Waals surface area contributed by atoms with E-state index in [9.17, 15) is 9.59 Å². The Labute approximate surface area is 152 Å². The molecular formula is C19H26N4O3. The normalized spacial score (nSPS) is 15.2. The first-order valence-corrected chi connectivity index (χ1v) is 9.08. The van der Waals surface area contributed by atoms with E-state index in [0.717, 1.165) is 37.6 Å². The van der Waals surface area contributed by atoms with Crippen molar-refractivity contribution in [2.75, 3.05) is 44.2 Å². The number of para-hydroxylation sites is 2. The molecule has 1 fully saturated rings. The lowest BCUT2D eigenvalue weighted by molar-refractivity contribution is 0.244. The molecule has 7 nitrogen and oxygen atoms in total. The minimum Gasteiger partial charge on any atom is -0.492 e. The molecule has 0 atom stereocenters. The molecule has 1 aromatic heterocycles. The van der Waals surface area contributed by atoms with Crippen LogP contribution < -0.4 is 20.9 Å². The van der Waals surface area contributed by atoms with Crippen molar-refractivity contribution in [1.29, 1.82) is 0 Å². The Morgan fingerprint density at radius 1 is 1.08 bits per heavy atom. The van der Waals surface area contributed by atoms with Crippen molar-refractivity contribution in [2.24, 2.45) is 0 Å². The second-order valence-electron chi connectivity index (χ2n) is 6.48. The van der Waals surface area contributed by atoms with Crippen molar-refractivity contribution in [3.63, 3.8) is 0 Å². The number of aryl methyl sites for hydroxylation is 1. The number of aromatic amines is 1. The Kier molecular flexibility index (Phi) is 5.78. The maximum atomic E-state index is 12.0. The van der Waals surface area contributed by atoms with E-state index in [0.29, 0.717) is 25.4 Å². The number of nitrogens with zero attached hydrogens (tertiary/aromatic N) is 3. The number of hydrogen-bond acceptors (Lipinski definition) is 5. The van der Waals surface area contributed by atoms with Crippen molar-refractivity contribution in [1.82, 2.24) is 14.5 Å². The Morgan fingerprint density at radius 2 is 1.81 bits per heavy atom. The fourth-order valence-corrected chi connectivity index (χ4v) is 3.30. The van der Waals surface area contributed by atoms with Crippen LogP contribution in [0.4, 0.5) is 5.69 Å². The Bertz CT molecular complexity index is 819.